The van der Waals surface area contributed by atoms with Crippen LogP contribution in [0.5, 0.6) is 11.5 Å². The summed E-state index contributed by atoms with van der Waals surface area (Å²) in [6, 6.07) is 6.81. The van der Waals surface area contributed by atoms with Gasteiger partial charge in [0.1, 0.15) is 11.5 Å². The number of halogens is 2. The summed E-state index contributed by atoms with van der Waals surface area (Å²) in [5.41, 5.74) is 0.687. The lowest BCUT2D eigenvalue weighted by atomic mass is 10.3. The summed E-state index contributed by atoms with van der Waals surface area (Å²) in [6.07, 6.45) is 1.63. The maximum absolute atomic E-state index is 12.9. The van der Waals surface area contributed by atoms with Gasteiger partial charge in [0, 0.05) is 12.3 Å². The van der Waals surface area contributed by atoms with Gasteiger partial charge in [-0.25, -0.2) is 8.78 Å². The zero-order valence-corrected chi connectivity index (χ0v) is 8.58. The van der Waals surface area contributed by atoms with Crippen LogP contribution in [-0.2, 0) is 0 Å². The first-order valence-electron chi connectivity index (χ1n) is 4.71. The lowest BCUT2D eigenvalue weighted by Gasteiger charge is -2.07. The Balaban J connectivity index is 2.28. The molecular formula is C12H9F2NO. The highest BCUT2D eigenvalue weighted by molar-refractivity contribution is 5.33. The van der Waals surface area contributed by atoms with Crippen molar-refractivity contribution < 1.29 is 13.5 Å². The fourth-order valence-electron chi connectivity index (χ4n) is 1.24. The third-order valence-electron chi connectivity index (χ3n) is 2.08. The van der Waals surface area contributed by atoms with E-state index >= 15 is 0 Å². The van der Waals surface area contributed by atoms with E-state index in [1.54, 1.807) is 25.3 Å². The Kier molecular flexibility index (Phi) is 2.81. The first-order valence-corrected chi connectivity index (χ1v) is 4.71. The van der Waals surface area contributed by atoms with E-state index in [1.807, 2.05) is 0 Å². The standard InChI is InChI=1S/C12H9F2NO/c1-8-12(3-2-6-15-8)16-9-4-5-10(13)11(14)7-9/h2-7H,1H3. The normalized spacial score (nSPS) is 10.2. The molecule has 2 rings (SSSR count). The molecule has 0 atom stereocenters. The molecule has 0 unspecified atom stereocenters. The second-order valence-corrected chi connectivity index (χ2v) is 3.26. The van der Waals surface area contributed by atoms with E-state index in [4.69, 9.17) is 4.74 Å². The van der Waals surface area contributed by atoms with Gasteiger partial charge < -0.3 is 4.74 Å². The molecule has 0 bridgehead atoms. The zero-order valence-electron chi connectivity index (χ0n) is 8.58. The van der Waals surface area contributed by atoms with E-state index in [1.165, 1.54) is 6.07 Å². The van der Waals surface area contributed by atoms with Crippen molar-refractivity contribution in [3.8, 4) is 11.5 Å². The molecule has 0 aliphatic rings. The number of rotatable bonds is 2. The van der Waals surface area contributed by atoms with Crippen LogP contribution in [0.4, 0.5) is 8.78 Å². The van der Waals surface area contributed by atoms with Crippen LogP contribution < -0.4 is 4.74 Å². The zero-order chi connectivity index (χ0) is 11.5. The van der Waals surface area contributed by atoms with Gasteiger partial charge in [0.05, 0.1) is 5.69 Å². The first kappa shape index (κ1) is 10.5. The molecule has 0 radical (unpaired) electrons. The van der Waals surface area contributed by atoms with E-state index in [2.05, 4.69) is 4.98 Å². The highest BCUT2D eigenvalue weighted by Crippen LogP contribution is 2.24. The van der Waals surface area contributed by atoms with E-state index in [0.29, 0.717) is 11.4 Å². The van der Waals surface area contributed by atoms with Crippen molar-refractivity contribution >= 4 is 0 Å². The molecule has 0 saturated heterocycles. The van der Waals surface area contributed by atoms with Crippen molar-refractivity contribution in [2.75, 3.05) is 0 Å². The van der Waals surface area contributed by atoms with Crippen molar-refractivity contribution in [1.82, 2.24) is 4.98 Å². The van der Waals surface area contributed by atoms with Gasteiger partial charge >= 0.3 is 0 Å². The van der Waals surface area contributed by atoms with Crippen molar-refractivity contribution in [1.29, 1.82) is 0 Å². The number of aromatic nitrogens is 1. The SMILES string of the molecule is Cc1ncccc1Oc1ccc(F)c(F)c1. The largest absolute Gasteiger partial charge is 0.455 e. The Morgan fingerprint density at radius 1 is 1.12 bits per heavy atom. The molecular weight excluding hydrogens is 212 g/mol. The molecule has 0 spiro atoms. The van der Waals surface area contributed by atoms with Gasteiger partial charge in [0.15, 0.2) is 11.6 Å². The van der Waals surface area contributed by atoms with Crippen molar-refractivity contribution in [3.63, 3.8) is 0 Å². The van der Waals surface area contributed by atoms with Gasteiger partial charge in [0.2, 0.25) is 0 Å². The van der Waals surface area contributed by atoms with Crippen LogP contribution in [0.15, 0.2) is 36.5 Å². The summed E-state index contributed by atoms with van der Waals surface area (Å²) in [5, 5.41) is 0. The lowest BCUT2D eigenvalue weighted by molar-refractivity contribution is 0.457. The smallest absolute Gasteiger partial charge is 0.162 e. The van der Waals surface area contributed by atoms with Crippen molar-refractivity contribution in [3.05, 3.63) is 53.9 Å². The molecule has 82 valence electrons. The van der Waals surface area contributed by atoms with Crippen LogP contribution in [0.1, 0.15) is 5.69 Å². The topological polar surface area (TPSA) is 22.1 Å². The predicted octanol–water partition coefficient (Wildman–Crippen LogP) is 3.46. The van der Waals surface area contributed by atoms with E-state index in [-0.39, 0.29) is 5.75 Å². The minimum absolute atomic E-state index is 0.245. The maximum atomic E-state index is 12.9. The van der Waals surface area contributed by atoms with Crippen molar-refractivity contribution in [2.24, 2.45) is 0 Å². The predicted molar refractivity (Wildman–Crippen MR) is 55.4 cm³/mol. The number of ether oxygens (including phenoxy) is 1. The molecule has 2 aromatic rings. The number of hydrogen-bond donors (Lipinski definition) is 0. The monoisotopic (exact) mass is 221 g/mol. The minimum atomic E-state index is -0.931. The molecule has 0 saturated carbocycles. The summed E-state index contributed by atoms with van der Waals surface area (Å²) in [6.45, 7) is 1.77. The average Bonchev–Trinajstić information content (AvgIpc) is 2.27. The maximum Gasteiger partial charge on any atom is 0.162 e. The molecule has 16 heavy (non-hydrogen) atoms. The fourth-order valence-corrected chi connectivity index (χ4v) is 1.24. The molecule has 4 heteroatoms. The Morgan fingerprint density at radius 3 is 2.62 bits per heavy atom. The van der Waals surface area contributed by atoms with Crippen LogP contribution in [0.25, 0.3) is 0 Å². The summed E-state index contributed by atoms with van der Waals surface area (Å²) >= 11 is 0. The molecule has 0 N–H and O–H groups in total. The van der Waals surface area contributed by atoms with Gasteiger partial charge in [-0.2, -0.15) is 0 Å². The van der Waals surface area contributed by atoms with E-state index in [9.17, 15) is 8.78 Å². The molecule has 1 heterocycles. The molecule has 1 aromatic carbocycles. The van der Waals surface area contributed by atoms with Crippen LogP contribution in [0, 0.1) is 18.6 Å². The highest BCUT2D eigenvalue weighted by Gasteiger charge is 2.05. The Hall–Kier alpha value is -1.97. The van der Waals surface area contributed by atoms with Gasteiger partial charge in [0.25, 0.3) is 0 Å². The quantitative estimate of drug-likeness (QED) is 0.774. The molecule has 0 aliphatic heterocycles. The van der Waals surface area contributed by atoms with Gasteiger partial charge in [-0.15, -0.1) is 0 Å². The van der Waals surface area contributed by atoms with Crippen molar-refractivity contribution in [2.45, 2.75) is 6.92 Å². The van der Waals surface area contributed by atoms with Gasteiger partial charge in [-0.1, -0.05) is 0 Å². The number of pyridine rings is 1. The number of nitrogens with zero attached hydrogens (tertiary/aromatic N) is 1. The Morgan fingerprint density at radius 2 is 1.94 bits per heavy atom. The third kappa shape index (κ3) is 2.16. The molecule has 0 amide bonds. The molecule has 1 aromatic heterocycles. The summed E-state index contributed by atoms with van der Waals surface area (Å²) < 4.78 is 31.0. The van der Waals surface area contributed by atoms with Gasteiger partial charge in [-0.3, -0.25) is 4.98 Å². The van der Waals surface area contributed by atoms with Crippen LogP contribution in [-0.4, -0.2) is 4.98 Å². The second kappa shape index (κ2) is 4.26. The minimum Gasteiger partial charge on any atom is -0.455 e. The summed E-state index contributed by atoms with van der Waals surface area (Å²) in [4.78, 5) is 4.02. The Labute approximate surface area is 91.5 Å². The number of benzene rings is 1. The number of aryl methyl sites for hydroxylation is 1. The fraction of sp³-hybridized carbons (Fsp3) is 0.0833. The molecule has 0 aliphatic carbocycles. The summed E-state index contributed by atoms with van der Waals surface area (Å²) in [7, 11) is 0. The third-order valence-corrected chi connectivity index (χ3v) is 2.08. The second-order valence-electron chi connectivity index (χ2n) is 3.26. The highest BCUT2D eigenvalue weighted by atomic mass is 19.2. The van der Waals surface area contributed by atoms with Crippen LogP contribution >= 0.6 is 0 Å². The van der Waals surface area contributed by atoms with E-state index < -0.39 is 11.6 Å². The first-order chi connectivity index (χ1) is 7.66. The van der Waals surface area contributed by atoms with E-state index in [0.717, 1.165) is 12.1 Å². The lowest BCUT2D eigenvalue weighted by Crippen LogP contribution is -1.91. The average molecular weight is 221 g/mol. The molecule has 2 nitrogen and oxygen atoms in total. The number of hydrogen-bond acceptors (Lipinski definition) is 2. The van der Waals surface area contributed by atoms with Gasteiger partial charge in [-0.05, 0) is 31.2 Å². The summed E-state index contributed by atoms with van der Waals surface area (Å²) in [5.74, 6) is -1.06. The van der Waals surface area contributed by atoms with Crippen LogP contribution in [0.3, 0.4) is 0 Å². The molecule has 0 fully saturated rings. The Bertz CT molecular complexity index is 514. The van der Waals surface area contributed by atoms with Crippen LogP contribution in [0.2, 0.25) is 0 Å².